The summed E-state index contributed by atoms with van der Waals surface area (Å²) in [5.41, 5.74) is 1.04. The number of rotatable bonds is 3. The van der Waals surface area contributed by atoms with Crippen molar-refractivity contribution in [1.82, 2.24) is 4.90 Å². The van der Waals surface area contributed by atoms with Gasteiger partial charge >= 0.3 is 0 Å². The number of amides is 1. The lowest BCUT2D eigenvalue weighted by molar-refractivity contribution is -0.143. The molecule has 0 unspecified atom stereocenters. The van der Waals surface area contributed by atoms with Gasteiger partial charge in [0.05, 0.1) is 31.8 Å². The summed E-state index contributed by atoms with van der Waals surface area (Å²) in [5.74, 6) is 0.295. The maximum atomic E-state index is 13.0. The topological polar surface area (TPSA) is 49.8 Å². The van der Waals surface area contributed by atoms with E-state index in [1.165, 1.54) is 5.39 Å². The van der Waals surface area contributed by atoms with Crippen molar-refractivity contribution in [2.24, 2.45) is 5.92 Å². The van der Waals surface area contributed by atoms with Crippen LogP contribution in [0.4, 0.5) is 0 Å². The van der Waals surface area contributed by atoms with Crippen LogP contribution in [0.3, 0.4) is 0 Å². The Bertz CT molecular complexity index is 760. The number of nitrogens with zero attached hydrogens (tertiary/aromatic N) is 1. The molecule has 3 atom stereocenters. The molecule has 4 rings (SSSR count). The van der Waals surface area contributed by atoms with Gasteiger partial charge in [0.25, 0.3) is 0 Å². The maximum absolute atomic E-state index is 13.0. The molecule has 0 bridgehead atoms. The predicted octanol–water partition coefficient (Wildman–Crippen LogP) is 2.77. The molecule has 4 heteroatoms. The molecule has 0 spiro atoms. The first-order valence-corrected chi connectivity index (χ1v) is 9.25. The van der Waals surface area contributed by atoms with Crippen LogP contribution in [0.1, 0.15) is 24.8 Å². The fraction of sp³-hybridized carbons (Fsp3) is 0.476. The molecule has 1 aliphatic heterocycles. The summed E-state index contributed by atoms with van der Waals surface area (Å²) < 4.78 is 5.63. The zero-order chi connectivity index (χ0) is 17.2. The highest BCUT2D eigenvalue weighted by atomic mass is 16.5. The van der Waals surface area contributed by atoms with Crippen LogP contribution in [0, 0.1) is 5.92 Å². The summed E-state index contributed by atoms with van der Waals surface area (Å²) >= 11 is 0. The van der Waals surface area contributed by atoms with Crippen molar-refractivity contribution < 1.29 is 14.6 Å². The Labute approximate surface area is 148 Å². The van der Waals surface area contributed by atoms with Crippen LogP contribution in [0.5, 0.6) is 0 Å². The Balaban J connectivity index is 1.51. The summed E-state index contributed by atoms with van der Waals surface area (Å²) in [7, 11) is 0. The van der Waals surface area contributed by atoms with Crippen molar-refractivity contribution in [3.8, 4) is 0 Å². The average molecular weight is 339 g/mol. The van der Waals surface area contributed by atoms with E-state index in [1.807, 2.05) is 23.1 Å². The summed E-state index contributed by atoms with van der Waals surface area (Å²) in [5, 5.41) is 12.6. The van der Waals surface area contributed by atoms with Gasteiger partial charge in [-0.05, 0) is 29.2 Å². The lowest BCUT2D eigenvalue weighted by Crippen LogP contribution is -2.54. The molecule has 1 saturated heterocycles. The summed E-state index contributed by atoms with van der Waals surface area (Å²) in [6.45, 7) is 1.76. The maximum Gasteiger partial charge on any atom is 0.227 e. The normalized spacial score (nSPS) is 26.9. The second-order valence-electron chi connectivity index (χ2n) is 7.25. The van der Waals surface area contributed by atoms with Gasteiger partial charge in [0.15, 0.2) is 0 Å². The van der Waals surface area contributed by atoms with E-state index in [1.54, 1.807) is 0 Å². The summed E-state index contributed by atoms with van der Waals surface area (Å²) in [4.78, 5) is 14.9. The average Bonchev–Trinajstić information content (AvgIpc) is 3.07. The van der Waals surface area contributed by atoms with E-state index in [-0.39, 0.29) is 24.0 Å². The van der Waals surface area contributed by atoms with Crippen molar-refractivity contribution in [2.75, 3.05) is 19.8 Å². The zero-order valence-electron chi connectivity index (χ0n) is 14.4. The molecule has 2 aromatic rings. The predicted molar refractivity (Wildman–Crippen MR) is 97.3 cm³/mol. The second-order valence-corrected chi connectivity index (χ2v) is 7.25. The molecular weight excluding hydrogens is 314 g/mol. The first kappa shape index (κ1) is 16.6. The third-order valence-corrected chi connectivity index (χ3v) is 5.68. The van der Waals surface area contributed by atoms with Crippen LogP contribution in [0.15, 0.2) is 42.5 Å². The van der Waals surface area contributed by atoms with Crippen LogP contribution in [-0.4, -0.2) is 47.8 Å². The van der Waals surface area contributed by atoms with Crippen LogP contribution in [0.25, 0.3) is 10.8 Å². The van der Waals surface area contributed by atoms with E-state index >= 15 is 0 Å². The second kappa shape index (κ2) is 7.14. The van der Waals surface area contributed by atoms with Crippen molar-refractivity contribution in [3.63, 3.8) is 0 Å². The van der Waals surface area contributed by atoms with Crippen LogP contribution in [0.2, 0.25) is 0 Å². The molecule has 4 nitrogen and oxygen atoms in total. The van der Waals surface area contributed by atoms with Gasteiger partial charge in [-0.3, -0.25) is 4.79 Å². The minimum atomic E-state index is -0.303. The van der Waals surface area contributed by atoms with Crippen molar-refractivity contribution >= 4 is 16.7 Å². The highest BCUT2D eigenvalue weighted by Crippen LogP contribution is 2.32. The van der Waals surface area contributed by atoms with E-state index in [0.29, 0.717) is 26.2 Å². The van der Waals surface area contributed by atoms with Gasteiger partial charge in [-0.25, -0.2) is 0 Å². The molecule has 2 fully saturated rings. The molecule has 2 aromatic carbocycles. The number of aliphatic hydroxyl groups is 1. The number of benzene rings is 2. The van der Waals surface area contributed by atoms with E-state index < -0.39 is 0 Å². The van der Waals surface area contributed by atoms with Crippen LogP contribution in [-0.2, 0) is 16.0 Å². The van der Waals surface area contributed by atoms with Gasteiger partial charge in [-0.2, -0.15) is 0 Å². The highest BCUT2D eigenvalue weighted by molar-refractivity contribution is 5.85. The molecule has 0 aromatic heterocycles. The Morgan fingerprint density at radius 2 is 2.00 bits per heavy atom. The smallest absolute Gasteiger partial charge is 0.227 e. The molecule has 1 N–H and O–H groups in total. The molecule has 132 valence electrons. The fourth-order valence-electron chi connectivity index (χ4n) is 4.33. The van der Waals surface area contributed by atoms with Gasteiger partial charge < -0.3 is 14.7 Å². The third-order valence-electron chi connectivity index (χ3n) is 5.68. The molecule has 1 aliphatic carbocycles. The quantitative estimate of drug-likeness (QED) is 0.935. The zero-order valence-corrected chi connectivity index (χ0v) is 14.4. The number of hydrogen-bond donors (Lipinski definition) is 1. The third kappa shape index (κ3) is 3.42. The number of aliphatic hydroxyl groups excluding tert-OH is 1. The number of hydrogen-bond acceptors (Lipinski definition) is 3. The van der Waals surface area contributed by atoms with E-state index in [4.69, 9.17) is 4.74 Å². The van der Waals surface area contributed by atoms with E-state index in [9.17, 15) is 9.90 Å². The monoisotopic (exact) mass is 339 g/mol. The van der Waals surface area contributed by atoms with Gasteiger partial charge in [0, 0.05) is 12.5 Å². The molecule has 0 radical (unpaired) electrons. The molecule has 1 amide bonds. The minimum Gasteiger partial charge on any atom is -0.393 e. The molecule has 25 heavy (non-hydrogen) atoms. The lowest BCUT2D eigenvalue weighted by atomic mass is 9.93. The van der Waals surface area contributed by atoms with Crippen LogP contribution < -0.4 is 0 Å². The number of carbonyl (C=O) groups excluding carboxylic acids is 1. The number of ether oxygens (including phenoxy) is 1. The molecule has 2 aliphatic rings. The number of morpholine rings is 1. The lowest BCUT2D eigenvalue weighted by Gasteiger charge is -2.40. The standard InChI is InChI=1S/C21H25NO3/c23-20-7-3-6-18(20)19-14-25-11-10-22(19)21(24)13-15-8-9-16-4-1-2-5-17(16)12-15/h1-2,4-5,8-9,12,18-20,23H,3,6-7,10-11,13-14H2/t18-,19+,20-/m0/s1. The number of carbonyl (C=O) groups is 1. The van der Waals surface area contributed by atoms with Crippen molar-refractivity contribution in [1.29, 1.82) is 0 Å². The van der Waals surface area contributed by atoms with Gasteiger partial charge in [-0.1, -0.05) is 48.9 Å². The highest BCUT2D eigenvalue weighted by Gasteiger charge is 2.39. The first-order valence-electron chi connectivity index (χ1n) is 9.25. The number of fused-ring (bicyclic) bond motifs is 1. The fourth-order valence-corrected chi connectivity index (χ4v) is 4.33. The Kier molecular flexibility index (Phi) is 4.73. The largest absolute Gasteiger partial charge is 0.393 e. The van der Waals surface area contributed by atoms with Gasteiger partial charge in [0.1, 0.15) is 0 Å². The Morgan fingerprint density at radius 3 is 2.80 bits per heavy atom. The summed E-state index contributed by atoms with van der Waals surface area (Å²) in [6.07, 6.45) is 2.96. The Morgan fingerprint density at radius 1 is 1.16 bits per heavy atom. The minimum absolute atomic E-state index is 0.0132. The van der Waals surface area contributed by atoms with Crippen LogP contribution >= 0.6 is 0 Å². The Hall–Kier alpha value is -1.91. The van der Waals surface area contributed by atoms with Gasteiger partial charge in [-0.15, -0.1) is 0 Å². The first-order chi connectivity index (χ1) is 12.2. The summed E-state index contributed by atoms with van der Waals surface area (Å²) in [6, 6.07) is 14.4. The van der Waals surface area contributed by atoms with Gasteiger partial charge in [0.2, 0.25) is 5.91 Å². The van der Waals surface area contributed by atoms with E-state index in [2.05, 4.69) is 24.3 Å². The van der Waals surface area contributed by atoms with E-state index in [0.717, 1.165) is 30.2 Å². The SMILES string of the molecule is O=C(Cc1ccc2ccccc2c1)N1CCOC[C@@H]1[C@@H]1CCC[C@@H]1O. The molecule has 1 saturated carbocycles. The van der Waals surface area contributed by atoms with Crippen molar-refractivity contribution in [3.05, 3.63) is 48.0 Å². The molecule has 1 heterocycles. The molecular formula is C21H25NO3. The van der Waals surface area contributed by atoms with Crippen molar-refractivity contribution in [2.45, 2.75) is 37.8 Å².